The molecule has 27 heavy (non-hydrogen) atoms. The molecule has 0 fully saturated rings. The van der Waals surface area contributed by atoms with E-state index in [0.29, 0.717) is 11.6 Å². The first kappa shape index (κ1) is 21.2. The fraction of sp³-hybridized carbons (Fsp3) is 0.316. The van der Waals surface area contributed by atoms with E-state index in [2.05, 4.69) is 5.32 Å². The summed E-state index contributed by atoms with van der Waals surface area (Å²) in [6.45, 7) is 4.26. The van der Waals surface area contributed by atoms with Crippen LogP contribution in [0, 0.1) is 13.8 Å². The molecule has 0 spiro atoms. The maximum absolute atomic E-state index is 12.4. The molecule has 2 rings (SSSR count). The van der Waals surface area contributed by atoms with Crippen molar-refractivity contribution in [2.75, 3.05) is 26.7 Å². The molecule has 0 aromatic heterocycles. The largest absolute Gasteiger partial charge is 0.491 e. The molecule has 1 N–H and O–H groups in total. The fourth-order valence-corrected chi connectivity index (χ4v) is 3.61. The summed E-state index contributed by atoms with van der Waals surface area (Å²) in [5, 5.41) is 3.10. The summed E-state index contributed by atoms with van der Waals surface area (Å²) in [4.78, 5) is 12.1. The maximum Gasteiger partial charge on any atom is 0.243 e. The zero-order valence-corrected chi connectivity index (χ0v) is 17.1. The van der Waals surface area contributed by atoms with Crippen LogP contribution in [0.1, 0.15) is 11.1 Å². The number of rotatable bonds is 8. The van der Waals surface area contributed by atoms with Crippen LogP contribution >= 0.6 is 11.6 Å². The van der Waals surface area contributed by atoms with Crippen LogP contribution in [0.3, 0.4) is 0 Å². The number of ether oxygens (including phenoxy) is 1. The van der Waals surface area contributed by atoms with Gasteiger partial charge in [-0.05, 0) is 55.3 Å². The van der Waals surface area contributed by atoms with Crippen molar-refractivity contribution in [1.82, 2.24) is 9.62 Å². The first-order chi connectivity index (χ1) is 12.7. The van der Waals surface area contributed by atoms with Gasteiger partial charge in [0.25, 0.3) is 0 Å². The number of nitrogens with zero attached hydrogens (tertiary/aromatic N) is 1. The number of aryl methyl sites for hydroxylation is 1. The Hall–Kier alpha value is -2.09. The molecule has 8 heteroatoms. The van der Waals surface area contributed by atoms with E-state index in [1.807, 2.05) is 32.0 Å². The van der Waals surface area contributed by atoms with E-state index in [9.17, 15) is 13.2 Å². The molecule has 2 aromatic carbocycles. The second-order valence-electron chi connectivity index (χ2n) is 6.11. The van der Waals surface area contributed by atoms with Crippen LogP contribution in [0.15, 0.2) is 47.4 Å². The Morgan fingerprint density at radius 1 is 1.15 bits per heavy atom. The van der Waals surface area contributed by atoms with Crippen molar-refractivity contribution in [3.05, 3.63) is 58.6 Å². The van der Waals surface area contributed by atoms with Gasteiger partial charge in [0.05, 0.1) is 18.0 Å². The van der Waals surface area contributed by atoms with Gasteiger partial charge < -0.3 is 10.1 Å². The Morgan fingerprint density at radius 2 is 1.81 bits per heavy atom. The molecule has 0 aliphatic rings. The highest BCUT2D eigenvalue weighted by molar-refractivity contribution is 7.89. The van der Waals surface area contributed by atoms with Crippen molar-refractivity contribution in [1.29, 1.82) is 0 Å². The lowest BCUT2D eigenvalue weighted by molar-refractivity contribution is -0.121. The van der Waals surface area contributed by atoms with Crippen LogP contribution in [0.2, 0.25) is 5.02 Å². The molecule has 0 aliphatic heterocycles. The normalized spacial score (nSPS) is 11.4. The van der Waals surface area contributed by atoms with Crippen LogP contribution in [0.4, 0.5) is 0 Å². The molecule has 0 saturated heterocycles. The Bertz CT molecular complexity index is 898. The van der Waals surface area contributed by atoms with Crippen molar-refractivity contribution in [3.8, 4) is 5.75 Å². The second-order valence-corrected chi connectivity index (χ2v) is 8.59. The standard InChI is InChI=1S/C19H23ClN2O4S/c1-14-5-4-6-18(15(14)2)26-12-11-21-19(23)13-22(3)27(24,25)17-9-7-16(20)8-10-17/h4-10H,11-13H2,1-3H3,(H,21,23). The minimum atomic E-state index is -3.75. The average Bonchev–Trinajstić information content (AvgIpc) is 2.62. The smallest absolute Gasteiger partial charge is 0.243 e. The van der Waals surface area contributed by atoms with Gasteiger partial charge in [-0.1, -0.05) is 23.7 Å². The summed E-state index contributed by atoms with van der Waals surface area (Å²) in [5.41, 5.74) is 2.18. The van der Waals surface area contributed by atoms with Crippen molar-refractivity contribution in [2.24, 2.45) is 0 Å². The minimum absolute atomic E-state index is 0.0838. The topological polar surface area (TPSA) is 75.7 Å². The molecule has 1 amide bonds. The fourth-order valence-electron chi connectivity index (χ4n) is 2.36. The zero-order valence-electron chi connectivity index (χ0n) is 15.5. The number of carbonyl (C=O) groups excluding carboxylic acids is 1. The molecular weight excluding hydrogens is 388 g/mol. The molecular formula is C19H23ClN2O4S. The average molecular weight is 411 g/mol. The molecule has 6 nitrogen and oxygen atoms in total. The summed E-state index contributed by atoms with van der Waals surface area (Å²) >= 11 is 5.77. The van der Waals surface area contributed by atoms with Crippen molar-refractivity contribution in [2.45, 2.75) is 18.7 Å². The predicted octanol–water partition coefficient (Wildman–Crippen LogP) is 2.77. The molecule has 0 radical (unpaired) electrons. The lowest BCUT2D eigenvalue weighted by Crippen LogP contribution is -2.39. The van der Waals surface area contributed by atoms with Crippen LogP contribution in [-0.4, -0.2) is 45.4 Å². The number of benzene rings is 2. The number of hydrogen-bond acceptors (Lipinski definition) is 4. The van der Waals surface area contributed by atoms with Crippen LogP contribution in [0.5, 0.6) is 5.75 Å². The van der Waals surface area contributed by atoms with Gasteiger partial charge in [0.1, 0.15) is 12.4 Å². The molecule has 0 atom stereocenters. The van der Waals surface area contributed by atoms with Crippen molar-refractivity contribution >= 4 is 27.5 Å². The molecule has 0 aliphatic carbocycles. The molecule has 0 unspecified atom stereocenters. The van der Waals surface area contributed by atoms with E-state index in [1.165, 1.54) is 31.3 Å². The zero-order chi connectivity index (χ0) is 20.0. The van der Waals surface area contributed by atoms with E-state index in [4.69, 9.17) is 16.3 Å². The van der Waals surface area contributed by atoms with E-state index >= 15 is 0 Å². The van der Waals surface area contributed by atoms with Gasteiger partial charge in [-0.3, -0.25) is 4.79 Å². The first-order valence-corrected chi connectivity index (χ1v) is 10.2. The number of hydrogen-bond donors (Lipinski definition) is 1. The van der Waals surface area contributed by atoms with Gasteiger partial charge in [-0.25, -0.2) is 8.42 Å². The van der Waals surface area contributed by atoms with E-state index in [-0.39, 0.29) is 18.0 Å². The highest BCUT2D eigenvalue weighted by Crippen LogP contribution is 2.20. The number of amides is 1. The second kappa shape index (κ2) is 9.21. The van der Waals surface area contributed by atoms with E-state index < -0.39 is 15.9 Å². The highest BCUT2D eigenvalue weighted by Gasteiger charge is 2.22. The number of carbonyl (C=O) groups is 1. The monoisotopic (exact) mass is 410 g/mol. The van der Waals surface area contributed by atoms with Gasteiger partial charge in [0.15, 0.2) is 0 Å². The molecule has 146 valence electrons. The summed E-state index contributed by atoms with van der Waals surface area (Å²) < 4.78 is 31.5. The molecule has 0 heterocycles. The third kappa shape index (κ3) is 5.69. The third-order valence-corrected chi connectivity index (χ3v) is 6.19. The minimum Gasteiger partial charge on any atom is -0.491 e. The number of sulfonamides is 1. The van der Waals surface area contributed by atoms with Gasteiger partial charge in [0, 0.05) is 12.1 Å². The number of nitrogens with one attached hydrogen (secondary N) is 1. The maximum atomic E-state index is 12.4. The van der Waals surface area contributed by atoms with Gasteiger partial charge >= 0.3 is 0 Å². The quantitative estimate of drug-likeness (QED) is 0.679. The van der Waals surface area contributed by atoms with Gasteiger partial charge in [-0.2, -0.15) is 4.31 Å². The van der Waals surface area contributed by atoms with E-state index in [0.717, 1.165) is 21.2 Å². The van der Waals surface area contributed by atoms with Crippen LogP contribution in [0.25, 0.3) is 0 Å². The Balaban J connectivity index is 1.82. The van der Waals surface area contributed by atoms with Crippen LogP contribution in [-0.2, 0) is 14.8 Å². The summed E-state index contributed by atoms with van der Waals surface area (Å²) in [6, 6.07) is 11.6. The lowest BCUT2D eigenvalue weighted by Gasteiger charge is -2.17. The van der Waals surface area contributed by atoms with Gasteiger partial charge in [-0.15, -0.1) is 0 Å². The summed E-state index contributed by atoms with van der Waals surface area (Å²) in [7, 11) is -2.39. The molecule has 0 bridgehead atoms. The Morgan fingerprint density at radius 3 is 2.48 bits per heavy atom. The Labute approximate surface area is 165 Å². The summed E-state index contributed by atoms with van der Waals surface area (Å²) in [5.74, 6) is 0.367. The molecule has 0 saturated carbocycles. The SMILES string of the molecule is Cc1cccc(OCCNC(=O)CN(C)S(=O)(=O)c2ccc(Cl)cc2)c1C. The van der Waals surface area contributed by atoms with E-state index in [1.54, 1.807) is 0 Å². The number of likely N-dealkylation sites (N-methyl/N-ethyl adjacent to an activating group) is 1. The lowest BCUT2D eigenvalue weighted by atomic mass is 10.1. The third-order valence-electron chi connectivity index (χ3n) is 4.12. The highest BCUT2D eigenvalue weighted by atomic mass is 35.5. The van der Waals surface area contributed by atoms with Crippen molar-refractivity contribution < 1.29 is 17.9 Å². The van der Waals surface area contributed by atoms with Crippen LogP contribution < -0.4 is 10.1 Å². The van der Waals surface area contributed by atoms with Gasteiger partial charge in [0.2, 0.25) is 15.9 Å². The summed E-state index contributed by atoms with van der Waals surface area (Å²) in [6.07, 6.45) is 0. The predicted molar refractivity (Wildman–Crippen MR) is 106 cm³/mol. The Kier molecular flexibility index (Phi) is 7.24. The van der Waals surface area contributed by atoms with Crippen molar-refractivity contribution in [3.63, 3.8) is 0 Å². The first-order valence-electron chi connectivity index (χ1n) is 8.39. The molecule has 2 aromatic rings. The number of halogens is 1.